The van der Waals surface area contributed by atoms with Crippen molar-refractivity contribution >= 4 is 5.82 Å². The Hall–Kier alpha value is -1.32. The molecular weight excluding hydrogens is 214 g/mol. The summed E-state index contributed by atoms with van der Waals surface area (Å²) >= 11 is 0. The lowest BCUT2D eigenvalue weighted by Gasteiger charge is -2.19. The Balaban J connectivity index is 2.90. The first kappa shape index (κ1) is 13.7. The van der Waals surface area contributed by atoms with Crippen LogP contribution >= 0.6 is 0 Å². The lowest BCUT2D eigenvalue weighted by molar-refractivity contribution is 0.200. The first-order chi connectivity index (χ1) is 7.82. The van der Waals surface area contributed by atoms with Gasteiger partial charge in [-0.25, -0.2) is 4.98 Å². The van der Waals surface area contributed by atoms with Crippen LogP contribution in [0.5, 0.6) is 5.88 Å². The summed E-state index contributed by atoms with van der Waals surface area (Å²) in [5.74, 6) is 1.75. The zero-order chi connectivity index (χ0) is 13.1. The normalized spacial score (nSPS) is 13.5. The molecule has 17 heavy (non-hydrogen) atoms. The molecule has 2 N–H and O–H groups in total. The topological polar surface area (TPSA) is 61.0 Å². The molecule has 1 aromatic rings. The Labute approximate surface area is 104 Å². The molecule has 0 spiro atoms. The van der Waals surface area contributed by atoms with E-state index in [-0.39, 0.29) is 11.5 Å². The van der Waals surface area contributed by atoms with E-state index < -0.39 is 0 Å². The van der Waals surface area contributed by atoms with E-state index in [9.17, 15) is 0 Å². The lowest BCUT2D eigenvalue weighted by atomic mass is 9.96. The highest BCUT2D eigenvalue weighted by Crippen LogP contribution is 2.22. The second kappa shape index (κ2) is 5.34. The van der Waals surface area contributed by atoms with E-state index in [1.807, 2.05) is 6.92 Å². The van der Waals surface area contributed by atoms with Crippen molar-refractivity contribution in [3.8, 4) is 5.88 Å². The molecule has 0 aliphatic heterocycles. The summed E-state index contributed by atoms with van der Waals surface area (Å²) in [7, 11) is 0. The molecule has 1 aromatic heterocycles. The number of hydrogen-bond acceptors (Lipinski definition) is 4. The number of hydrogen-bond donors (Lipinski definition) is 1. The van der Waals surface area contributed by atoms with Gasteiger partial charge in [0.15, 0.2) is 0 Å². The highest BCUT2D eigenvalue weighted by atomic mass is 16.5. The zero-order valence-corrected chi connectivity index (χ0v) is 11.4. The quantitative estimate of drug-likeness (QED) is 0.874. The first-order valence-electron chi connectivity index (χ1n) is 6.14. The van der Waals surface area contributed by atoms with Gasteiger partial charge < -0.3 is 10.5 Å². The fraction of sp³-hybridized carbons (Fsp3) is 0.692. The Morgan fingerprint density at radius 2 is 2.00 bits per heavy atom. The van der Waals surface area contributed by atoms with Gasteiger partial charge in [-0.1, -0.05) is 34.1 Å². The molecule has 0 aliphatic rings. The van der Waals surface area contributed by atoms with Crippen molar-refractivity contribution in [2.45, 2.75) is 59.0 Å². The van der Waals surface area contributed by atoms with E-state index in [1.54, 1.807) is 6.07 Å². The highest BCUT2D eigenvalue weighted by molar-refractivity contribution is 5.34. The van der Waals surface area contributed by atoms with Gasteiger partial charge in [0.05, 0.1) is 6.10 Å². The summed E-state index contributed by atoms with van der Waals surface area (Å²) in [6, 6.07) is 1.68. The predicted molar refractivity (Wildman–Crippen MR) is 70.1 cm³/mol. The van der Waals surface area contributed by atoms with E-state index in [4.69, 9.17) is 10.5 Å². The zero-order valence-electron chi connectivity index (χ0n) is 11.4. The Morgan fingerprint density at radius 3 is 2.53 bits per heavy atom. The molecule has 0 aliphatic carbocycles. The van der Waals surface area contributed by atoms with Crippen LogP contribution in [0.15, 0.2) is 6.07 Å². The summed E-state index contributed by atoms with van der Waals surface area (Å²) in [6.07, 6.45) is 2.25. The number of nitrogen functional groups attached to an aromatic ring is 1. The van der Waals surface area contributed by atoms with Crippen molar-refractivity contribution < 1.29 is 4.74 Å². The predicted octanol–water partition coefficient (Wildman–Crippen LogP) is 2.92. The molecule has 0 aromatic carbocycles. The molecule has 0 amide bonds. The van der Waals surface area contributed by atoms with Crippen molar-refractivity contribution in [3.05, 3.63) is 11.9 Å². The lowest BCUT2D eigenvalue weighted by Crippen LogP contribution is -2.19. The molecule has 0 bridgehead atoms. The van der Waals surface area contributed by atoms with Crippen LogP contribution in [0, 0.1) is 0 Å². The van der Waals surface area contributed by atoms with Gasteiger partial charge >= 0.3 is 0 Å². The van der Waals surface area contributed by atoms with Crippen LogP contribution in [-0.4, -0.2) is 16.1 Å². The van der Waals surface area contributed by atoms with E-state index >= 15 is 0 Å². The largest absolute Gasteiger partial charge is 0.475 e. The number of rotatable bonds is 4. The Morgan fingerprint density at radius 1 is 1.35 bits per heavy atom. The maximum atomic E-state index is 5.77. The van der Waals surface area contributed by atoms with Crippen molar-refractivity contribution in [2.75, 3.05) is 5.73 Å². The highest BCUT2D eigenvalue weighted by Gasteiger charge is 2.19. The monoisotopic (exact) mass is 237 g/mol. The molecule has 4 heteroatoms. The summed E-state index contributed by atoms with van der Waals surface area (Å²) in [5, 5.41) is 0. The molecule has 96 valence electrons. The first-order valence-corrected chi connectivity index (χ1v) is 6.14. The van der Waals surface area contributed by atoms with Crippen LogP contribution in [0.25, 0.3) is 0 Å². The summed E-state index contributed by atoms with van der Waals surface area (Å²) in [5.41, 5.74) is 5.65. The molecule has 1 rings (SSSR count). The van der Waals surface area contributed by atoms with Crippen LogP contribution < -0.4 is 10.5 Å². The average molecular weight is 237 g/mol. The summed E-state index contributed by atoms with van der Waals surface area (Å²) in [6.45, 7) is 10.3. The third kappa shape index (κ3) is 4.21. The van der Waals surface area contributed by atoms with E-state index in [0.29, 0.717) is 11.7 Å². The van der Waals surface area contributed by atoms with Gasteiger partial charge in [0, 0.05) is 11.5 Å². The number of ether oxygens (including phenoxy) is 1. The molecule has 0 radical (unpaired) electrons. The minimum atomic E-state index is -0.124. The van der Waals surface area contributed by atoms with E-state index in [0.717, 1.165) is 18.7 Å². The van der Waals surface area contributed by atoms with Gasteiger partial charge in [0.25, 0.3) is 0 Å². The Bertz CT molecular complexity index is 371. The van der Waals surface area contributed by atoms with Crippen molar-refractivity contribution in [3.63, 3.8) is 0 Å². The third-order valence-corrected chi connectivity index (χ3v) is 2.41. The van der Waals surface area contributed by atoms with E-state index in [1.165, 1.54) is 0 Å². The SMILES string of the molecule is CCCC(C)Oc1cc(N)nc(C(C)(C)C)n1. The number of aromatic nitrogens is 2. The van der Waals surface area contributed by atoms with Crippen LogP contribution in [0.3, 0.4) is 0 Å². The standard InChI is InChI=1S/C13H23N3O/c1-6-7-9(2)17-11-8-10(14)15-12(16-11)13(3,4)5/h8-9H,6-7H2,1-5H3,(H2,14,15,16). The third-order valence-electron chi connectivity index (χ3n) is 2.41. The van der Waals surface area contributed by atoms with Gasteiger partial charge in [-0.15, -0.1) is 0 Å². The number of anilines is 1. The fourth-order valence-electron chi connectivity index (χ4n) is 1.51. The molecule has 1 atom stereocenters. The van der Waals surface area contributed by atoms with Crippen molar-refractivity contribution in [1.82, 2.24) is 9.97 Å². The molecule has 0 fully saturated rings. The average Bonchev–Trinajstić information content (AvgIpc) is 2.15. The van der Waals surface area contributed by atoms with Crippen LogP contribution in [-0.2, 0) is 5.41 Å². The van der Waals surface area contributed by atoms with E-state index in [2.05, 4.69) is 37.7 Å². The molecule has 1 heterocycles. The molecule has 4 nitrogen and oxygen atoms in total. The number of nitrogens with zero attached hydrogens (tertiary/aromatic N) is 2. The van der Waals surface area contributed by atoms with Crippen molar-refractivity contribution in [1.29, 1.82) is 0 Å². The maximum Gasteiger partial charge on any atom is 0.219 e. The van der Waals surface area contributed by atoms with Gasteiger partial charge in [0.1, 0.15) is 11.6 Å². The molecular formula is C13H23N3O. The van der Waals surface area contributed by atoms with Crippen molar-refractivity contribution in [2.24, 2.45) is 0 Å². The second-order valence-electron chi connectivity index (χ2n) is 5.42. The van der Waals surface area contributed by atoms with Crippen LogP contribution in [0.4, 0.5) is 5.82 Å². The van der Waals surface area contributed by atoms with Gasteiger partial charge in [-0.3, -0.25) is 0 Å². The smallest absolute Gasteiger partial charge is 0.219 e. The summed E-state index contributed by atoms with van der Waals surface area (Å²) < 4.78 is 5.74. The fourth-order valence-corrected chi connectivity index (χ4v) is 1.51. The van der Waals surface area contributed by atoms with Crippen LogP contribution in [0.1, 0.15) is 53.3 Å². The number of nitrogens with two attached hydrogens (primary N) is 1. The second-order valence-corrected chi connectivity index (χ2v) is 5.42. The maximum absolute atomic E-state index is 5.77. The van der Waals surface area contributed by atoms with Crippen LogP contribution in [0.2, 0.25) is 0 Å². The summed E-state index contributed by atoms with van der Waals surface area (Å²) in [4.78, 5) is 8.66. The minimum Gasteiger partial charge on any atom is -0.475 e. The van der Waals surface area contributed by atoms with Gasteiger partial charge in [0.2, 0.25) is 5.88 Å². The minimum absolute atomic E-state index is 0.124. The van der Waals surface area contributed by atoms with Gasteiger partial charge in [-0.2, -0.15) is 4.98 Å². The molecule has 0 saturated heterocycles. The molecule has 1 unspecified atom stereocenters. The van der Waals surface area contributed by atoms with Gasteiger partial charge in [-0.05, 0) is 13.3 Å². The molecule has 0 saturated carbocycles. The Kier molecular flexibility index (Phi) is 4.32.